The smallest absolute Gasteiger partial charge is 0.239 e. The number of carbonyl (C=O) groups excluding carboxylic acids is 1. The molecule has 64 heavy (non-hydrogen) atoms. The molecule has 4 aromatic rings. The number of aryl methyl sites for hydroxylation is 2. The van der Waals surface area contributed by atoms with Crippen molar-refractivity contribution in [3.63, 3.8) is 0 Å². The van der Waals surface area contributed by atoms with Crippen LogP contribution in [0.2, 0.25) is 0 Å². The third-order valence-electron chi connectivity index (χ3n) is 13.3. The van der Waals surface area contributed by atoms with Gasteiger partial charge in [0.15, 0.2) is 0 Å². The van der Waals surface area contributed by atoms with Crippen LogP contribution in [0.15, 0.2) is 120 Å². The normalized spacial score (nSPS) is 22.7. The highest BCUT2D eigenvalue weighted by atomic mass is 16.7. The van der Waals surface area contributed by atoms with Crippen molar-refractivity contribution in [3.8, 4) is 23.0 Å². The van der Waals surface area contributed by atoms with Crippen LogP contribution >= 0.6 is 0 Å². The van der Waals surface area contributed by atoms with Crippen molar-refractivity contribution in [2.24, 2.45) is 22.9 Å². The number of fused-ring (bicyclic) bond motifs is 2. The molecule has 1 heterocycles. The Morgan fingerprint density at radius 3 is 2.38 bits per heavy atom. The molecule has 2 N–H and O–H groups in total. The number of carbonyl (C=O) groups is 1. The van der Waals surface area contributed by atoms with Gasteiger partial charge in [0.25, 0.3) is 0 Å². The lowest BCUT2D eigenvalue weighted by molar-refractivity contribution is -0.257. The van der Waals surface area contributed by atoms with Crippen molar-refractivity contribution in [3.05, 3.63) is 143 Å². The zero-order valence-electron chi connectivity index (χ0n) is 38.0. The lowest BCUT2D eigenvalue weighted by Gasteiger charge is -2.60. The summed E-state index contributed by atoms with van der Waals surface area (Å²) < 4.78 is 26.8. The van der Waals surface area contributed by atoms with Gasteiger partial charge >= 0.3 is 0 Å². The Labute approximate surface area is 379 Å². The van der Waals surface area contributed by atoms with E-state index in [1.54, 1.807) is 13.2 Å². The van der Waals surface area contributed by atoms with Crippen LogP contribution in [-0.4, -0.2) is 72.0 Å². The molecule has 10 nitrogen and oxygen atoms in total. The van der Waals surface area contributed by atoms with E-state index in [1.165, 1.54) is 5.56 Å². The number of methoxy groups -OCH3 is 1. The SMILES string of the molecule is C=CCOC12Oc3ccc(Oc4ccc(C)c(C)c4)cc3C3C(CCCCO)C(CCCCO)C=C(C(=NOCc4ccccc4)CC1N(CCC)C(=O)Cc1cccc(OC)c1)C32. The number of oxime groups is 1. The molecule has 1 aliphatic heterocycles. The molecule has 3 aliphatic rings. The minimum atomic E-state index is -1.35. The van der Waals surface area contributed by atoms with E-state index in [2.05, 4.69) is 51.6 Å². The van der Waals surface area contributed by atoms with Gasteiger partial charge < -0.3 is 38.9 Å². The van der Waals surface area contributed by atoms with E-state index in [-0.39, 0.29) is 56.5 Å². The first kappa shape index (κ1) is 46.6. The Hall–Kier alpha value is -5.42. The van der Waals surface area contributed by atoms with E-state index in [0.717, 1.165) is 65.0 Å². The largest absolute Gasteiger partial charge is 0.497 e. The maximum absolute atomic E-state index is 15.0. The molecule has 0 spiro atoms. The highest BCUT2D eigenvalue weighted by molar-refractivity contribution is 6.03. The van der Waals surface area contributed by atoms with Gasteiger partial charge in [-0.25, -0.2) is 0 Å². The van der Waals surface area contributed by atoms with Gasteiger partial charge in [-0.15, -0.1) is 6.58 Å². The van der Waals surface area contributed by atoms with Gasteiger partial charge in [0.1, 0.15) is 35.6 Å². The predicted octanol–water partition coefficient (Wildman–Crippen LogP) is 10.4. The molecule has 340 valence electrons. The van der Waals surface area contributed by atoms with E-state index in [1.807, 2.05) is 77.7 Å². The minimum absolute atomic E-state index is 0.0565. The van der Waals surface area contributed by atoms with Crippen molar-refractivity contribution >= 4 is 11.6 Å². The molecule has 2 aliphatic carbocycles. The summed E-state index contributed by atoms with van der Waals surface area (Å²) in [5.41, 5.74) is 6.94. The standard InChI is InChI=1S/C54H66N2O8/c1-6-26-56(51(59)32-40-18-15-20-42(31-40)60-5)50-35-48(55-62-36-39-16-9-8-10-17-39)46-33-41(19-11-13-27-57)45(21-12-14-28-58)52-47-34-44(63-43-23-22-37(3)38(4)30-43)24-25-49(47)64-54(50,53(46)52)61-29-7-2/h7-10,15-18,20,22-25,30-31,33-34,41,45,50,52-53,57-58H,2,6,11-14,19,21,26-29,32,35-36H2,1,3-5H3. The number of hydrogen-bond donors (Lipinski definition) is 2. The highest BCUT2D eigenvalue weighted by Gasteiger charge is 2.65. The van der Waals surface area contributed by atoms with Crippen LogP contribution in [0.1, 0.15) is 92.0 Å². The first-order valence-corrected chi connectivity index (χ1v) is 23.1. The zero-order chi connectivity index (χ0) is 45.1. The van der Waals surface area contributed by atoms with Gasteiger partial charge in [-0.3, -0.25) is 4.79 Å². The molecular weight excluding hydrogens is 805 g/mol. The van der Waals surface area contributed by atoms with Crippen LogP contribution in [0.25, 0.3) is 0 Å². The van der Waals surface area contributed by atoms with Crippen molar-refractivity contribution in [2.75, 3.05) is 33.5 Å². The fourth-order valence-electron chi connectivity index (χ4n) is 10.1. The fraction of sp³-hybridized carbons (Fsp3) is 0.444. The monoisotopic (exact) mass is 870 g/mol. The summed E-state index contributed by atoms with van der Waals surface area (Å²) >= 11 is 0. The van der Waals surface area contributed by atoms with E-state index in [9.17, 15) is 15.0 Å². The summed E-state index contributed by atoms with van der Waals surface area (Å²) in [5.74, 6) is 1.00. The van der Waals surface area contributed by atoms with Crippen LogP contribution in [0.4, 0.5) is 0 Å². The van der Waals surface area contributed by atoms with Gasteiger partial charge in [0, 0.05) is 37.7 Å². The van der Waals surface area contributed by atoms with E-state index < -0.39 is 17.7 Å². The zero-order valence-corrected chi connectivity index (χ0v) is 38.0. The first-order valence-electron chi connectivity index (χ1n) is 23.1. The number of aliphatic hydroxyl groups is 2. The van der Waals surface area contributed by atoms with Crippen molar-refractivity contribution in [1.29, 1.82) is 0 Å². The average Bonchev–Trinajstić information content (AvgIpc) is 3.30. The summed E-state index contributed by atoms with van der Waals surface area (Å²) in [4.78, 5) is 23.2. The molecule has 1 amide bonds. The summed E-state index contributed by atoms with van der Waals surface area (Å²) in [6.45, 7) is 11.5. The lowest BCUT2D eigenvalue weighted by Crippen LogP contribution is -2.70. The maximum atomic E-state index is 15.0. The number of benzene rings is 4. The van der Waals surface area contributed by atoms with Gasteiger partial charge in [-0.2, -0.15) is 0 Å². The lowest BCUT2D eigenvalue weighted by atomic mass is 9.55. The van der Waals surface area contributed by atoms with Crippen molar-refractivity contribution < 1.29 is 38.8 Å². The van der Waals surface area contributed by atoms with Crippen LogP contribution in [0.5, 0.6) is 23.0 Å². The van der Waals surface area contributed by atoms with Gasteiger partial charge in [-0.05, 0) is 128 Å². The Morgan fingerprint density at radius 2 is 1.64 bits per heavy atom. The Bertz CT molecular complexity index is 2260. The Kier molecular flexibility index (Phi) is 16.0. The molecule has 0 saturated heterocycles. The predicted molar refractivity (Wildman–Crippen MR) is 251 cm³/mol. The second-order valence-electron chi connectivity index (χ2n) is 17.5. The summed E-state index contributed by atoms with van der Waals surface area (Å²) in [6, 6.07) is 29.2. The molecule has 0 radical (unpaired) electrons. The molecular formula is C54H66N2O8. The fourth-order valence-corrected chi connectivity index (χ4v) is 10.1. The summed E-state index contributed by atoms with van der Waals surface area (Å²) in [5, 5.41) is 25.0. The molecule has 1 saturated carbocycles. The molecule has 10 heteroatoms. The van der Waals surface area contributed by atoms with Gasteiger partial charge in [-0.1, -0.05) is 85.6 Å². The van der Waals surface area contributed by atoms with E-state index in [0.29, 0.717) is 49.5 Å². The molecule has 4 aromatic carbocycles. The molecule has 1 fully saturated rings. The van der Waals surface area contributed by atoms with Gasteiger partial charge in [0.2, 0.25) is 11.7 Å². The van der Waals surface area contributed by atoms with Crippen molar-refractivity contribution in [1.82, 2.24) is 4.90 Å². The molecule has 6 atom stereocenters. The summed E-state index contributed by atoms with van der Waals surface area (Å²) in [6.07, 6.45) is 10.1. The first-order chi connectivity index (χ1) is 31.2. The van der Waals surface area contributed by atoms with Crippen LogP contribution in [0.3, 0.4) is 0 Å². The number of rotatable bonds is 22. The van der Waals surface area contributed by atoms with Crippen LogP contribution in [-0.2, 0) is 27.4 Å². The average molecular weight is 871 g/mol. The van der Waals surface area contributed by atoms with Crippen LogP contribution in [0, 0.1) is 31.6 Å². The van der Waals surface area contributed by atoms with E-state index >= 15 is 0 Å². The number of unbranched alkanes of at least 4 members (excludes halogenated alkanes) is 2. The third kappa shape index (κ3) is 10.4. The molecule has 0 aromatic heterocycles. The van der Waals surface area contributed by atoms with E-state index in [4.69, 9.17) is 28.9 Å². The highest BCUT2D eigenvalue weighted by Crippen LogP contribution is 2.62. The number of amides is 1. The Morgan fingerprint density at radius 1 is 0.891 bits per heavy atom. The minimum Gasteiger partial charge on any atom is -0.497 e. The molecule has 6 unspecified atom stereocenters. The van der Waals surface area contributed by atoms with Crippen LogP contribution < -0.4 is 14.2 Å². The topological polar surface area (TPSA) is 119 Å². The molecule has 7 rings (SSSR count). The number of nitrogens with zero attached hydrogens (tertiary/aromatic N) is 2. The van der Waals surface area contributed by atoms with Crippen molar-refractivity contribution in [2.45, 2.75) is 103 Å². The number of aliphatic hydroxyl groups excluding tert-OH is 2. The number of ether oxygens (including phenoxy) is 4. The third-order valence-corrected chi connectivity index (χ3v) is 13.3. The second-order valence-corrected chi connectivity index (χ2v) is 17.5. The maximum Gasteiger partial charge on any atom is 0.239 e. The second kappa shape index (κ2) is 22.0. The molecule has 0 bridgehead atoms. The van der Waals surface area contributed by atoms with Gasteiger partial charge in [0.05, 0.1) is 31.8 Å². The number of hydrogen-bond acceptors (Lipinski definition) is 9. The quantitative estimate of drug-likeness (QED) is 0.0455. The number of allylic oxidation sites excluding steroid dienone is 1. The Balaban J connectivity index is 1.43. The summed E-state index contributed by atoms with van der Waals surface area (Å²) in [7, 11) is 1.63.